The van der Waals surface area contributed by atoms with Crippen LogP contribution in [0.1, 0.15) is 0 Å². The number of anilines is 1. The fourth-order valence-electron chi connectivity index (χ4n) is 2.23. The van der Waals surface area contributed by atoms with Crippen molar-refractivity contribution in [1.29, 1.82) is 0 Å². The number of hydrogen-bond acceptors (Lipinski definition) is 6. The van der Waals surface area contributed by atoms with Crippen LogP contribution in [0.4, 0.5) is 5.69 Å². The average Bonchev–Trinajstić information content (AvgIpc) is 2.63. The summed E-state index contributed by atoms with van der Waals surface area (Å²) < 4.78 is 5.11. The van der Waals surface area contributed by atoms with E-state index in [-0.39, 0.29) is 11.0 Å². The number of methoxy groups -OCH3 is 1. The summed E-state index contributed by atoms with van der Waals surface area (Å²) in [4.78, 5) is 13.3. The number of nitrogens with two attached hydrogens (primary N) is 1. The highest BCUT2D eigenvalue weighted by Gasteiger charge is 2.25. The highest BCUT2D eigenvalue weighted by atomic mass is 32.2. The summed E-state index contributed by atoms with van der Waals surface area (Å²) in [6.07, 6.45) is 3.54. The van der Waals surface area contributed by atoms with Gasteiger partial charge in [0.25, 0.3) is 0 Å². The summed E-state index contributed by atoms with van der Waals surface area (Å²) in [5, 5.41) is 5.91. The van der Waals surface area contributed by atoms with Gasteiger partial charge in [-0.1, -0.05) is 30.0 Å². The maximum Gasteiger partial charge on any atom is 0.208 e. The first-order chi connectivity index (χ1) is 11.7. The molecule has 5 nitrogen and oxygen atoms in total. The predicted molar refractivity (Wildman–Crippen MR) is 97.0 cm³/mol. The Balaban J connectivity index is 1.69. The first-order valence-corrected chi connectivity index (χ1v) is 8.21. The van der Waals surface area contributed by atoms with Crippen molar-refractivity contribution in [2.75, 3.05) is 12.1 Å². The summed E-state index contributed by atoms with van der Waals surface area (Å²) in [6.45, 7) is 0. The summed E-state index contributed by atoms with van der Waals surface area (Å²) >= 11 is 1.15. The molecule has 122 valence electrons. The Morgan fingerprint density at radius 1 is 1.17 bits per heavy atom. The van der Waals surface area contributed by atoms with Gasteiger partial charge in [-0.3, -0.25) is 4.79 Å². The normalized spacial score (nSPS) is 16.6. The third-order valence-corrected chi connectivity index (χ3v) is 4.48. The predicted octanol–water partition coefficient (Wildman–Crippen LogP) is 3.24. The summed E-state index contributed by atoms with van der Waals surface area (Å²) in [5.41, 5.74) is 6.90. The van der Waals surface area contributed by atoms with Crippen molar-refractivity contribution >= 4 is 28.4 Å². The highest BCUT2D eigenvalue weighted by molar-refractivity contribution is 8.13. The molecule has 1 atom stereocenters. The Labute approximate surface area is 144 Å². The van der Waals surface area contributed by atoms with Crippen molar-refractivity contribution in [3.63, 3.8) is 0 Å². The van der Waals surface area contributed by atoms with Crippen molar-refractivity contribution in [2.24, 2.45) is 16.8 Å². The quantitative estimate of drug-likeness (QED) is 0.866. The van der Waals surface area contributed by atoms with Gasteiger partial charge in [-0.25, -0.2) is 5.01 Å². The molecule has 0 radical (unpaired) electrons. The minimum Gasteiger partial charge on any atom is -0.497 e. The van der Waals surface area contributed by atoms with Crippen molar-refractivity contribution in [3.05, 3.63) is 66.9 Å². The maximum absolute atomic E-state index is 12.5. The number of para-hydroxylation sites is 1. The Morgan fingerprint density at radius 2 is 1.88 bits per heavy atom. The molecule has 0 aromatic heterocycles. The SMILES string of the molecule is COc1ccc(SC(=O)C2C=CN(c3ccccc3)N=C2N)cc1. The number of hydrogen-bond donors (Lipinski definition) is 1. The zero-order valence-electron chi connectivity index (χ0n) is 13.1. The van der Waals surface area contributed by atoms with Gasteiger partial charge in [0, 0.05) is 11.1 Å². The van der Waals surface area contributed by atoms with Gasteiger partial charge in [-0.05, 0) is 42.5 Å². The van der Waals surface area contributed by atoms with Crippen LogP contribution in [-0.4, -0.2) is 18.1 Å². The van der Waals surface area contributed by atoms with Gasteiger partial charge in [0.1, 0.15) is 17.5 Å². The van der Waals surface area contributed by atoms with Gasteiger partial charge in [0.2, 0.25) is 5.12 Å². The lowest BCUT2D eigenvalue weighted by molar-refractivity contribution is -0.111. The molecule has 2 N–H and O–H groups in total. The van der Waals surface area contributed by atoms with E-state index in [2.05, 4.69) is 5.10 Å². The Hall–Kier alpha value is -2.73. The second-order valence-corrected chi connectivity index (χ2v) is 6.20. The monoisotopic (exact) mass is 339 g/mol. The van der Waals surface area contributed by atoms with E-state index in [0.717, 1.165) is 28.1 Å². The third-order valence-electron chi connectivity index (χ3n) is 3.51. The Kier molecular flexibility index (Phi) is 4.86. The fraction of sp³-hybridized carbons (Fsp3) is 0.111. The molecule has 0 bridgehead atoms. The molecule has 1 aliphatic heterocycles. The first-order valence-electron chi connectivity index (χ1n) is 7.39. The van der Waals surface area contributed by atoms with Crippen molar-refractivity contribution < 1.29 is 9.53 Å². The van der Waals surface area contributed by atoms with E-state index >= 15 is 0 Å². The van der Waals surface area contributed by atoms with E-state index in [9.17, 15) is 4.79 Å². The number of thioether (sulfide) groups is 1. The van der Waals surface area contributed by atoms with Crippen molar-refractivity contribution in [1.82, 2.24) is 0 Å². The molecule has 3 rings (SSSR count). The zero-order chi connectivity index (χ0) is 16.9. The topological polar surface area (TPSA) is 67.9 Å². The molecular weight excluding hydrogens is 322 g/mol. The van der Waals surface area contributed by atoms with E-state index < -0.39 is 5.92 Å². The van der Waals surface area contributed by atoms with Crippen LogP contribution in [0.25, 0.3) is 0 Å². The van der Waals surface area contributed by atoms with E-state index in [4.69, 9.17) is 10.5 Å². The lowest BCUT2D eigenvalue weighted by Crippen LogP contribution is -2.33. The number of amidine groups is 1. The first kappa shape index (κ1) is 16.1. The zero-order valence-corrected chi connectivity index (χ0v) is 13.9. The van der Waals surface area contributed by atoms with Gasteiger partial charge in [-0.15, -0.1) is 0 Å². The van der Waals surface area contributed by atoms with E-state index in [1.807, 2.05) is 54.6 Å². The van der Waals surface area contributed by atoms with E-state index in [1.165, 1.54) is 0 Å². The molecule has 0 aliphatic carbocycles. The molecule has 24 heavy (non-hydrogen) atoms. The Morgan fingerprint density at radius 3 is 2.50 bits per heavy atom. The third kappa shape index (κ3) is 3.60. The number of benzene rings is 2. The molecule has 1 heterocycles. The number of carbonyl (C=O) groups is 1. The van der Waals surface area contributed by atoms with Crippen LogP contribution >= 0.6 is 11.8 Å². The number of carbonyl (C=O) groups excluding carboxylic acids is 1. The van der Waals surface area contributed by atoms with Gasteiger partial charge in [-0.2, -0.15) is 5.10 Å². The second kappa shape index (κ2) is 7.23. The van der Waals surface area contributed by atoms with Crippen LogP contribution in [0, 0.1) is 5.92 Å². The minimum absolute atomic E-state index is 0.0645. The summed E-state index contributed by atoms with van der Waals surface area (Å²) in [6, 6.07) is 17.0. The van der Waals surface area contributed by atoms with Gasteiger partial charge in [0.05, 0.1) is 12.8 Å². The molecule has 1 unspecified atom stereocenters. The standard InChI is InChI=1S/C18H17N3O2S/c1-23-14-7-9-15(10-8-14)24-18(22)16-11-12-21(20-17(16)19)13-5-3-2-4-6-13/h2-12,16H,1H3,(H2,19,20). The molecule has 0 spiro atoms. The van der Waals surface area contributed by atoms with Crippen molar-refractivity contribution in [3.8, 4) is 5.75 Å². The maximum atomic E-state index is 12.5. The smallest absolute Gasteiger partial charge is 0.208 e. The molecule has 2 aromatic carbocycles. The van der Waals surface area contributed by atoms with Gasteiger partial charge in [0.15, 0.2) is 0 Å². The largest absolute Gasteiger partial charge is 0.497 e. The van der Waals surface area contributed by atoms with Crippen LogP contribution in [0.3, 0.4) is 0 Å². The number of hydrazone groups is 1. The molecular formula is C18H17N3O2S. The van der Waals surface area contributed by atoms with Crippen LogP contribution in [0.2, 0.25) is 0 Å². The van der Waals surface area contributed by atoms with Crippen LogP contribution in [-0.2, 0) is 4.79 Å². The molecule has 0 saturated carbocycles. The van der Waals surface area contributed by atoms with Crippen LogP contribution < -0.4 is 15.5 Å². The van der Waals surface area contributed by atoms with E-state index in [0.29, 0.717) is 0 Å². The molecule has 0 saturated heterocycles. The van der Waals surface area contributed by atoms with E-state index in [1.54, 1.807) is 24.4 Å². The minimum atomic E-state index is -0.530. The van der Waals surface area contributed by atoms with Crippen molar-refractivity contribution in [2.45, 2.75) is 4.90 Å². The number of rotatable bonds is 4. The highest BCUT2D eigenvalue weighted by Crippen LogP contribution is 2.27. The molecule has 6 heteroatoms. The van der Waals surface area contributed by atoms with Crippen LogP contribution in [0.5, 0.6) is 5.75 Å². The lowest BCUT2D eigenvalue weighted by atomic mass is 10.1. The molecule has 0 fully saturated rings. The number of nitrogens with zero attached hydrogens (tertiary/aromatic N) is 2. The summed E-state index contributed by atoms with van der Waals surface area (Å²) in [7, 11) is 1.61. The van der Waals surface area contributed by atoms with Gasteiger partial charge >= 0.3 is 0 Å². The summed E-state index contributed by atoms with van der Waals surface area (Å²) in [5.74, 6) is 0.508. The molecule has 1 aliphatic rings. The fourth-order valence-corrected chi connectivity index (χ4v) is 3.06. The lowest BCUT2D eigenvalue weighted by Gasteiger charge is -2.22. The molecule has 2 aromatic rings. The Bertz CT molecular complexity index is 773. The van der Waals surface area contributed by atoms with Crippen LogP contribution in [0.15, 0.2) is 76.9 Å². The van der Waals surface area contributed by atoms with Gasteiger partial charge < -0.3 is 10.5 Å². The number of ether oxygens (including phenoxy) is 1. The average molecular weight is 339 g/mol. The second-order valence-electron chi connectivity index (χ2n) is 5.12. The molecule has 0 amide bonds.